The zero-order valence-electron chi connectivity index (χ0n) is 14.2. The van der Waals surface area contributed by atoms with Crippen LogP contribution in [0, 0.1) is 0 Å². The Bertz CT molecular complexity index is 143. The fraction of sp³-hybridized carbons (Fsp3) is 1.00. The molecule has 0 atom stereocenters. The lowest BCUT2D eigenvalue weighted by atomic mass is 10.0. The number of methoxy groups -OCH3 is 1. The smallest absolute Gasteiger partial charge is 0.0587 e. The Labute approximate surface area is 128 Å². The molecule has 0 radical (unpaired) electrons. The highest BCUT2D eigenvalue weighted by Gasteiger charge is 1.93. The van der Waals surface area contributed by atoms with Crippen molar-refractivity contribution in [2.45, 2.75) is 90.4 Å². The number of ether oxygens (including phenoxy) is 1. The Balaban J connectivity index is 2.89. The van der Waals surface area contributed by atoms with E-state index in [0.717, 1.165) is 19.7 Å². The molecular weight excluding hydrogens is 246 g/mol. The highest BCUT2D eigenvalue weighted by Crippen LogP contribution is 2.12. The van der Waals surface area contributed by atoms with Gasteiger partial charge in [-0.3, -0.25) is 0 Å². The van der Waals surface area contributed by atoms with E-state index in [-0.39, 0.29) is 0 Å². The van der Waals surface area contributed by atoms with E-state index < -0.39 is 0 Å². The van der Waals surface area contributed by atoms with Crippen molar-refractivity contribution in [2.75, 3.05) is 26.8 Å². The van der Waals surface area contributed by atoms with E-state index in [0.29, 0.717) is 0 Å². The molecule has 0 aliphatic carbocycles. The second kappa shape index (κ2) is 18.9. The van der Waals surface area contributed by atoms with Crippen molar-refractivity contribution in [1.82, 2.24) is 5.32 Å². The molecule has 122 valence electrons. The number of hydrogen-bond donors (Lipinski definition) is 1. The lowest BCUT2D eigenvalue weighted by Crippen LogP contribution is -2.20. The first-order valence-electron chi connectivity index (χ1n) is 9.11. The van der Waals surface area contributed by atoms with Gasteiger partial charge >= 0.3 is 0 Å². The molecule has 0 bridgehead atoms. The number of hydrogen-bond acceptors (Lipinski definition) is 2. The van der Waals surface area contributed by atoms with Crippen LogP contribution < -0.4 is 5.32 Å². The molecule has 0 rings (SSSR count). The minimum absolute atomic E-state index is 0.832. The molecule has 0 fully saturated rings. The number of rotatable bonds is 17. The van der Waals surface area contributed by atoms with Gasteiger partial charge in [0, 0.05) is 13.7 Å². The maximum Gasteiger partial charge on any atom is 0.0587 e. The Morgan fingerprint density at radius 3 is 1.50 bits per heavy atom. The second-order valence-corrected chi connectivity index (χ2v) is 5.99. The number of nitrogens with one attached hydrogen (secondary N) is 1. The molecule has 0 heterocycles. The first-order chi connectivity index (χ1) is 9.91. The monoisotopic (exact) mass is 285 g/mol. The van der Waals surface area contributed by atoms with Gasteiger partial charge in [-0.25, -0.2) is 0 Å². The molecule has 0 saturated heterocycles. The van der Waals surface area contributed by atoms with Gasteiger partial charge in [-0.2, -0.15) is 0 Å². The van der Waals surface area contributed by atoms with Crippen molar-refractivity contribution in [3.8, 4) is 0 Å². The molecule has 2 nitrogen and oxygen atoms in total. The summed E-state index contributed by atoms with van der Waals surface area (Å²) in [5.74, 6) is 0. The van der Waals surface area contributed by atoms with Crippen LogP contribution in [0.25, 0.3) is 0 Å². The molecule has 0 amide bonds. The lowest BCUT2D eigenvalue weighted by Gasteiger charge is -2.04. The van der Waals surface area contributed by atoms with Crippen LogP contribution in [0.4, 0.5) is 0 Å². The summed E-state index contributed by atoms with van der Waals surface area (Å²) in [5, 5.41) is 3.40. The SMILES string of the molecule is CCCCCCCCCCCCCCCNCCOC. The molecule has 0 aliphatic rings. The summed E-state index contributed by atoms with van der Waals surface area (Å²) in [5.41, 5.74) is 0. The molecule has 0 aromatic rings. The molecule has 2 heteroatoms. The highest BCUT2D eigenvalue weighted by atomic mass is 16.5. The van der Waals surface area contributed by atoms with E-state index in [1.54, 1.807) is 7.11 Å². The molecule has 1 N–H and O–H groups in total. The summed E-state index contributed by atoms with van der Waals surface area (Å²) >= 11 is 0. The molecule has 0 spiro atoms. The van der Waals surface area contributed by atoms with Crippen LogP contribution in [-0.2, 0) is 4.74 Å². The minimum atomic E-state index is 0.832. The van der Waals surface area contributed by atoms with Crippen LogP contribution in [0.5, 0.6) is 0 Å². The maximum absolute atomic E-state index is 5.00. The largest absolute Gasteiger partial charge is 0.383 e. The van der Waals surface area contributed by atoms with E-state index in [4.69, 9.17) is 4.74 Å². The maximum atomic E-state index is 5.00. The summed E-state index contributed by atoms with van der Waals surface area (Å²) in [7, 11) is 1.76. The van der Waals surface area contributed by atoms with Crippen LogP contribution in [0.15, 0.2) is 0 Å². The third-order valence-electron chi connectivity index (χ3n) is 3.94. The molecule has 0 aliphatic heterocycles. The Morgan fingerprint density at radius 2 is 1.05 bits per heavy atom. The van der Waals surface area contributed by atoms with Gasteiger partial charge in [-0.05, 0) is 13.0 Å². The second-order valence-electron chi connectivity index (χ2n) is 5.99. The van der Waals surface area contributed by atoms with Crippen LogP contribution in [-0.4, -0.2) is 26.8 Å². The first-order valence-corrected chi connectivity index (χ1v) is 9.11. The molecule has 20 heavy (non-hydrogen) atoms. The molecule has 0 saturated carbocycles. The molecule has 0 unspecified atom stereocenters. The van der Waals surface area contributed by atoms with Gasteiger partial charge in [0.05, 0.1) is 6.61 Å². The van der Waals surface area contributed by atoms with Crippen molar-refractivity contribution in [3.63, 3.8) is 0 Å². The summed E-state index contributed by atoms with van der Waals surface area (Å²) in [4.78, 5) is 0. The predicted molar refractivity (Wildman–Crippen MR) is 90.4 cm³/mol. The van der Waals surface area contributed by atoms with Crippen molar-refractivity contribution < 1.29 is 4.74 Å². The van der Waals surface area contributed by atoms with E-state index in [1.165, 1.54) is 83.5 Å². The van der Waals surface area contributed by atoms with Gasteiger partial charge < -0.3 is 10.1 Å². The third kappa shape index (κ3) is 17.9. The van der Waals surface area contributed by atoms with Gasteiger partial charge in [-0.15, -0.1) is 0 Å². The standard InChI is InChI=1S/C18H39NO/c1-3-4-5-6-7-8-9-10-11-12-13-14-15-16-19-17-18-20-2/h19H,3-18H2,1-2H3. The van der Waals surface area contributed by atoms with Gasteiger partial charge in [0.2, 0.25) is 0 Å². The van der Waals surface area contributed by atoms with E-state index in [2.05, 4.69) is 12.2 Å². The van der Waals surface area contributed by atoms with Crippen molar-refractivity contribution in [1.29, 1.82) is 0 Å². The minimum Gasteiger partial charge on any atom is -0.383 e. The quantitative estimate of drug-likeness (QED) is 0.365. The van der Waals surface area contributed by atoms with Crippen molar-refractivity contribution >= 4 is 0 Å². The Hall–Kier alpha value is -0.0800. The van der Waals surface area contributed by atoms with E-state index in [1.807, 2.05) is 0 Å². The summed E-state index contributed by atoms with van der Waals surface area (Å²) in [6.07, 6.45) is 18.6. The van der Waals surface area contributed by atoms with Crippen LogP contribution >= 0.6 is 0 Å². The molecule has 0 aromatic heterocycles. The van der Waals surface area contributed by atoms with E-state index >= 15 is 0 Å². The zero-order chi connectivity index (χ0) is 14.7. The Morgan fingerprint density at radius 1 is 0.600 bits per heavy atom. The summed E-state index contributed by atoms with van der Waals surface area (Å²) in [6, 6.07) is 0. The highest BCUT2D eigenvalue weighted by molar-refractivity contribution is 4.51. The number of unbranched alkanes of at least 4 members (excludes halogenated alkanes) is 12. The molecular formula is C18H39NO. The van der Waals surface area contributed by atoms with Crippen molar-refractivity contribution in [2.24, 2.45) is 0 Å². The summed E-state index contributed by atoms with van der Waals surface area (Å²) in [6.45, 7) is 5.27. The van der Waals surface area contributed by atoms with Gasteiger partial charge in [0.1, 0.15) is 0 Å². The van der Waals surface area contributed by atoms with E-state index in [9.17, 15) is 0 Å². The Kier molecular flexibility index (Phi) is 18.8. The predicted octanol–water partition coefficient (Wildman–Crippen LogP) is 5.31. The lowest BCUT2D eigenvalue weighted by molar-refractivity contribution is 0.199. The van der Waals surface area contributed by atoms with Crippen LogP contribution in [0.1, 0.15) is 90.4 Å². The molecule has 0 aromatic carbocycles. The van der Waals surface area contributed by atoms with Gasteiger partial charge in [0.25, 0.3) is 0 Å². The third-order valence-corrected chi connectivity index (χ3v) is 3.94. The zero-order valence-corrected chi connectivity index (χ0v) is 14.2. The normalized spacial score (nSPS) is 11.1. The van der Waals surface area contributed by atoms with Crippen LogP contribution in [0.2, 0.25) is 0 Å². The van der Waals surface area contributed by atoms with Gasteiger partial charge in [-0.1, -0.05) is 84.0 Å². The average Bonchev–Trinajstić information content (AvgIpc) is 2.47. The topological polar surface area (TPSA) is 21.3 Å². The fourth-order valence-corrected chi connectivity index (χ4v) is 2.57. The average molecular weight is 286 g/mol. The first kappa shape index (κ1) is 19.9. The summed E-state index contributed by atoms with van der Waals surface area (Å²) < 4.78 is 5.00. The fourth-order valence-electron chi connectivity index (χ4n) is 2.57. The van der Waals surface area contributed by atoms with Crippen LogP contribution in [0.3, 0.4) is 0 Å². The van der Waals surface area contributed by atoms with Gasteiger partial charge in [0.15, 0.2) is 0 Å². The van der Waals surface area contributed by atoms with Crippen molar-refractivity contribution in [3.05, 3.63) is 0 Å².